The largest absolute Gasteiger partial charge is 2.00 e. The molecule has 0 bridgehead atoms. The van der Waals surface area contributed by atoms with Gasteiger partial charge in [0.05, 0.1) is 0 Å². The van der Waals surface area contributed by atoms with Crippen LogP contribution in [-0.4, -0.2) is 86.2 Å². The average molecular weight is 643 g/mol. The molecule has 7 nitrogen and oxygen atoms in total. The summed E-state index contributed by atoms with van der Waals surface area (Å²) in [5.74, 6) is -0.903. The number of hydrogen-bond donors (Lipinski definition) is 2. The molecule has 0 saturated carbocycles. The summed E-state index contributed by atoms with van der Waals surface area (Å²) in [5, 5.41) is 17.8. The molecule has 0 amide bonds. The van der Waals surface area contributed by atoms with Gasteiger partial charge in [-0.2, -0.15) is 0 Å². The Morgan fingerprint density at radius 3 is 0.952 bits per heavy atom. The van der Waals surface area contributed by atoms with Gasteiger partial charge in [-0.05, 0) is 19.8 Å². The van der Waals surface area contributed by atoms with E-state index in [4.69, 9.17) is 22.6 Å². The third-order valence-corrected chi connectivity index (χ3v) is 7.40. The first-order valence-corrected chi connectivity index (χ1v) is 19.9. The molecule has 0 rings (SSSR count). The van der Waals surface area contributed by atoms with Gasteiger partial charge in [0, 0.05) is 12.6 Å². The Kier molecular flexibility index (Phi) is 61.3. The fourth-order valence-corrected chi connectivity index (χ4v) is 4.88. The van der Waals surface area contributed by atoms with E-state index in [1.807, 2.05) is 0 Å². The van der Waals surface area contributed by atoms with Gasteiger partial charge < -0.3 is 19.6 Å². The Bertz CT molecular complexity index is 549. The second-order valence-electron chi connectivity index (χ2n) is 11.0. The van der Waals surface area contributed by atoms with Crippen LogP contribution in [0.15, 0.2) is 0 Å². The van der Waals surface area contributed by atoms with E-state index in [2.05, 4.69) is 13.8 Å². The molecule has 0 heterocycles. The maximum absolute atomic E-state index is 10.2. The van der Waals surface area contributed by atoms with Crippen LogP contribution in [0.4, 0.5) is 0 Å². The number of hydrogen-bond acceptors (Lipinski definition) is 6. The minimum atomic E-state index is -4.92. The first kappa shape index (κ1) is 52.6. The standard InChI is InChI=1S/C18H36O2.C12H25.C2H6O.Mg.Na.H2O4S/c1-2-3-4-5-6-7-8-9-10-11-12-13-14-15-16-17-18(19)20;1-3-5-7-9-11-12-10-8-6-4-2;1-2-3;;;1-5(2,3)4/h2-17H2,1H3,(H,19,20);1,3-12H2,2H3;3H,2H2,1H3;;;(H2,1,2,3,4)/q;;;+2;;/p-2. The van der Waals surface area contributed by atoms with Crippen LogP contribution in [0.1, 0.15) is 188 Å². The van der Waals surface area contributed by atoms with Crippen molar-refractivity contribution >= 4 is 67.4 Å². The van der Waals surface area contributed by atoms with Gasteiger partial charge in [-0.25, -0.2) is 8.42 Å². The maximum atomic E-state index is 10.2. The van der Waals surface area contributed by atoms with Crippen LogP contribution in [0.5, 0.6) is 0 Å². The molecule has 0 fully saturated rings. The molecule has 0 aromatic heterocycles. The number of carbonyl (C=O) groups excluding carboxylic acids is 1. The van der Waals surface area contributed by atoms with Crippen molar-refractivity contribution in [3.63, 3.8) is 0 Å². The summed E-state index contributed by atoms with van der Waals surface area (Å²) >= 11 is 1.41. The van der Waals surface area contributed by atoms with Gasteiger partial charge in [0.2, 0.25) is 10.4 Å². The first-order chi connectivity index (χ1) is 19.6. The third-order valence-electron chi connectivity index (χ3n) is 6.69. The molecule has 42 heavy (non-hydrogen) atoms. The molecule has 0 atom stereocenters. The second-order valence-corrected chi connectivity index (χ2v) is 12.9. The molecule has 0 aromatic carbocycles. The van der Waals surface area contributed by atoms with E-state index in [0.29, 0.717) is 0 Å². The van der Waals surface area contributed by atoms with E-state index in [1.54, 1.807) is 6.92 Å². The number of carboxylic acid groups (broad SMARTS) is 1. The molecule has 0 aromatic rings. The van der Waals surface area contributed by atoms with Crippen LogP contribution in [0, 0.1) is 0 Å². The summed E-state index contributed by atoms with van der Waals surface area (Å²) < 4.78 is 34.3. The summed E-state index contributed by atoms with van der Waals surface area (Å²) in [6.45, 7) is 6.48. The van der Waals surface area contributed by atoms with E-state index in [-0.39, 0.29) is 36.1 Å². The fraction of sp³-hybridized carbons (Fsp3) is 0.969. The number of aliphatic hydroxyl groups is 1. The Morgan fingerprint density at radius 1 is 0.571 bits per heavy atom. The molecule has 0 unspecified atom stereocenters. The molecule has 10 heteroatoms. The summed E-state index contributed by atoms with van der Waals surface area (Å²) in [4.78, 5) is 10.2. The summed E-state index contributed by atoms with van der Waals surface area (Å²) in [5.41, 5.74) is 0. The molecule has 0 aliphatic heterocycles. The molecule has 0 aliphatic rings. The Balaban J connectivity index is -0.000000177. The van der Waals surface area contributed by atoms with Crippen molar-refractivity contribution in [1.29, 1.82) is 0 Å². The van der Waals surface area contributed by atoms with Crippen LogP contribution >= 0.6 is 0 Å². The number of carbonyl (C=O) groups is 1. The Morgan fingerprint density at radius 2 is 0.762 bits per heavy atom. The van der Waals surface area contributed by atoms with Crippen molar-refractivity contribution in [2.75, 3.05) is 6.61 Å². The van der Waals surface area contributed by atoms with Gasteiger partial charge in [0.15, 0.2) is 0 Å². The molecular weight excluding hydrogens is 576 g/mol. The van der Waals surface area contributed by atoms with Crippen molar-refractivity contribution in [3.8, 4) is 0 Å². The van der Waals surface area contributed by atoms with Crippen LogP contribution in [0.3, 0.4) is 0 Å². The zero-order valence-corrected chi connectivity index (χ0v) is 32.6. The molecule has 0 radical (unpaired) electrons. The molecular formula is C32H67MgNaO7S. The second kappa shape index (κ2) is 49.0. The van der Waals surface area contributed by atoms with Gasteiger partial charge in [-0.3, -0.25) is 4.55 Å². The van der Waals surface area contributed by atoms with Gasteiger partial charge in [-0.1, -0.05) is 96.8 Å². The van der Waals surface area contributed by atoms with Gasteiger partial charge in [0.1, 0.15) is 0 Å². The van der Waals surface area contributed by atoms with Crippen molar-refractivity contribution in [1.82, 2.24) is 0 Å². The zero-order chi connectivity index (χ0) is 31.9. The van der Waals surface area contributed by atoms with Crippen LogP contribution < -0.4 is 5.11 Å². The normalized spacial score (nSPS) is 10.3. The third kappa shape index (κ3) is 83.7. The van der Waals surface area contributed by atoms with E-state index in [1.165, 1.54) is 179 Å². The topological polar surface area (TPSA) is 138 Å². The number of rotatable bonds is 26. The SMILES string of the molecule is CCCCCCCCCCCCCCCCCC(=O)[O-].CCCCCCCCCCC[CH2][Na].CCO.O=S(=O)([O-])O.[Mg+2]. The molecule has 246 valence electrons. The number of carboxylic acids is 1. The number of unbranched alkanes of at least 4 members (excludes halogenated alkanes) is 23. The zero-order valence-electron chi connectivity index (χ0n) is 28.4. The predicted octanol–water partition coefficient (Wildman–Crippen LogP) is 8.11. The van der Waals surface area contributed by atoms with Gasteiger partial charge in [0.25, 0.3) is 0 Å². The Labute approximate surface area is 295 Å². The quantitative estimate of drug-likeness (QED) is 0.0420. The van der Waals surface area contributed by atoms with Gasteiger partial charge in [-0.15, -0.1) is 0 Å². The van der Waals surface area contributed by atoms with Crippen molar-refractivity contribution < 1.29 is 32.5 Å². The minimum Gasteiger partial charge on any atom is -0.726 e. The molecule has 0 saturated heterocycles. The van der Waals surface area contributed by atoms with Crippen LogP contribution in [0.25, 0.3) is 0 Å². The smallest absolute Gasteiger partial charge is 0.726 e. The van der Waals surface area contributed by atoms with Crippen molar-refractivity contribution in [2.45, 2.75) is 191 Å². The van der Waals surface area contributed by atoms with E-state index < -0.39 is 16.4 Å². The summed E-state index contributed by atoms with van der Waals surface area (Å²) in [6.07, 6.45) is 34.6. The number of aliphatic hydroxyl groups excluding tert-OH is 1. The predicted molar refractivity (Wildman–Crippen MR) is 178 cm³/mol. The van der Waals surface area contributed by atoms with Crippen molar-refractivity contribution in [2.24, 2.45) is 0 Å². The first-order valence-electron chi connectivity index (χ1n) is 17.1. The number of aliphatic carboxylic acids is 1. The summed E-state index contributed by atoms with van der Waals surface area (Å²) in [6, 6.07) is 0. The fourth-order valence-electron chi connectivity index (χ4n) is 4.38. The average Bonchev–Trinajstić information content (AvgIpc) is 2.90. The van der Waals surface area contributed by atoms with E-state index in [0.717, 1.165) is 12.8 Å². The van der Waals surface area contributed by atoms with Crippen molar-refractivity contribution in [3.05, 3.63) is 0 Å². The van der Waals surface area contributed by atoms with Crippen LogP contribution in [-0.2, 0) is 15.2 Å². The molecule has 2 N–H and O–H groups in total. The monoisotopic (exact) mass is 642 g/mol. The molecule has 0 aliphatic carbocycles. The minimum absolute atomic E-state index is 0. The molecule has 0 spiro atoms. The van der Waals surface area contributed by atoms with E-state index in [9.17, 15) is 9.90 Å². The van der Waals surface area contributed by atoms with E-state index >= 15 is 0 Å². The van der Waals surface area contributed by atoms with Gasteiger partial charge >= 0.3 is 126 Å². The maximum Gasteiger partial charge on any atom is 2.00 e. The Hall–Kier alpha value is 1.07. The van der Waals surface area contributed by atoms with Crippen LogP contribution in [0.2, 0.25) is 3.67 Å². The summed E-state index contributed by atoms with van der Waals surface area (Å²) in [7, 11) is -4.92.